The van der Waals surface area contributed by atoms with E-state index in [1.165, 1.54) is 11.3 Å². The van der Waals surface area contributed by atoms with E-state index in [1.54, 1.807) is 5.38 Å². The Bertz CT molecular complexity index is 408. The number of amides is 1. The molecule has 1 saturated heterocycles. The zero-order valence-corrected chi connectivity index (χ0v) is 14.0. The molecule has 0 saturated carbocycles. The van der Waals surface area contributed by atoms with Gasteiger partial charge in [-0.1, -0.05) is 6.92 Å². The van der Waals surface area contributed by atoms with Gasteiger partial charge in [0.2, 0.25) is 0 Å². The van der Waals surface area contributed by atoms with Crippen molar-refractivity contribution in [1.29, 1.82) is 0 Å². The van der Waals surface area contributed by atoms with Crippen LogP contribution in [0.15, 0.2) is 5.38 Å². The molecule has 0 spiro atoms. The van der Waals surface area contributed by atoms with Gasteiger partial charge in [0.05, 0.1) is 0 Å². The number of hydrogen-bond donors (Lipinski definition) is 2. The molecule has 2 rings (SSSR count). The molecule has 0 aromatic carbocycles. The Kier molecular flexibility index (Phi) is 9.33. The summed E-state index contributed by atoms with van der Waals surface area (Å²) in [6.45, 7) is 5.78. The third kappa shape index (κ3) is 5.18. The van der Waals surface area contributed by atoms with E-state index in [0.29, 0.717) is 12.2 Å². The molecule has 1 aliphatic rings. The van der Waals surface area contributed by atoms with Gasteiger partial charge in [-0.05, 0) is 19.4 Å². The summed E-state index contributed by atoms with van der Waals surface area (Å²) in [7, 11) is 0. The Morgan fingerprint density at radius 2 is 2.15 bits per heavy atom. The number of likely N-dealkylation sites (tertiary alicyclic amines) is 1. The lowest BCUT2D eigenvalue weighted by Crippen LogP contribution is -2.44. The van der Waals surface area contributed by atoms with Crippen LogP contribution in [0.1, 0.15) is 35.3 Å². The molecule has 3 N–H and O–H groups in total. The van der Waals surface area contributed by atoms with Gasteiger partial charge < -0.3 is 16.0 Å². The van der Waals surface area contributed by atoms with Crippen molar-refractivity contribution in [2.75, 3.05) is 19.6 Å². The summed E-state index contributed by atoms with van der Waals surface area (Å²) in [4.78, 5) is 18.6. The summed E-state index contributed by atoms with van der Waals surface area (Å²) in [5.74, 6) is -0.0686. The largest absolute Gasteiger partial charge is 0.348 e. The lowest BCUT2D eigenvalue weighted by molar-refractivity contribution is 0.0908. The van der Waals surface area contributed by atoms with E-state index >= 15 is 0 Å². The number of rotatable bonds is 4. The Hall–Kier alpha value is -0.400. The molecule has 2 heterocycles. The van der Waals surface area contributed by atoms with E-state index in [-0.39, 0.29) is 36.8 Å². The van der Waals surface area contributed by atoms with Crippen LogP contribution >= 0.6 is 36.2 Å². The van der Waals surface area contributed by atoms with Gasteiger partial charge in [-0.15, -0.1) is 36.2 Å². The molecular formula is C12H22Cl2N4OS. The van der Waals surface area contributed by atoms with Gasteiger partial charge in [0.15, 0.2) is 0 Å². The topological polar surface area (TPSA) is 71.2 Å². The summed E-state index contributed by atoms with van der Waals surface area (Å²) >= 11 is 1.44. The fraction of sp³-hybridized carbons (Fsp3) is 0.667. The fourth-order valence-corrected chi connectivity index (χ4v) is 2.82. The van der Waals surface area contributed by atoms with Gasteiger partial charge in [-0.3, -0.25) is 4.79 Å². The van der Waals surface area contributed by atoms with Crippen LogP contribution < -0.4 is 11.1 Å². The van der Waals surface area contributed by atoms with Crippen LogP contribution in [-0.4, -0.2) is 41.5 Å². The molecule has 8 heteroatoms. The lowest BCUT2D eigenvalue weighted by Gasteiger charge is -2.31. The van der Waals surface area contributed by atoms with Gasteiger partial charge in [-0.2, -0.15) is 0 Å². The standard InChI is InChI=1S/C12H20N4OS.2ClH/c1-2-16-5-3-9(4-6-16)14-12(17)10-8-18-11(7-13)15-10;;/h8-9H,2-7,13H2,1H3,(H,14,17);2*1H. The summed E-state index contributed by atoms with van der Waals surface area (Å²) < 4.78 is 0. The molecule has 5 nitrogen and oxygen atoms in total. The first-order chi connectivity index (χ1) is 8.72. The van der Waals surface area contributed by atoms with Crippen LogP contribution in [0, 0.1) is 0 Å². The first kappa shape index (κ1) is 19.6. The van der Waals surface area contributed by atoms with Gasteiger partial charge in [0.1, 0.15) is 10.7 Å². The first-order valence-corrected chi connectivity index (χ1v) is 7.28. The number of halogens is 2. The fourth-order valence-electron chi connectivity index (χ4n) is 2.16. The van der Waals surface area contributed by atoms with Crippen LogP contribution in [-0.2, 0) is 6.54 Å². The summed E-state index contributed by atoms with van der Waals surface area (Å²) in [6.07, 6.45) is 2.04. The molecule has 1 aliphatic heterocycles. The van der Waals surface area contributed by atoms with Crippen molar-refractivity contribution in [3.05, 3.63) is 16.1 Å². The Morgan fingerprint density at radius 1 is 1.50 bits per heavy atom. The smallest absolute Gasteiger partial charge is 0.270 e. The Balaban J connectivity index is 0.00000180. The highest BCUT2D eigenvalue weighted by atomic mass is 35.5. The highest BCUT2D eigenvalue weighted by Crippen LogP contribution is 2.12. The second kappa shape index (κ2) is 9.52. The van der Waals surface area contributed by atoms with E-state index in [4.69, 9.17) is 5.73 Å². The van der Waals surface area contributed by atoms with Crippen molar-refractivity contribution >= 4 is 42.1 Å². The number of nitrogens with zero attached hydrogens (tertiary/aromatic N) is 2. The second-order valence-corrected chi connectivity index (χ2v) is 5.46. The highest BCUT2D eigenvalue weighted by molar-refractivity contribution is 7.09. The predicted octanol–water partition coefficient (Wildman–Crippen LogP) is 1.66. The number of nitrogens with two attached hydrogens (primary N) is 1. The van der Waals surface area contributed by atoms with Crippen molar-refractivity contribution in [3.63, 3.8) is 0 Å². The van der Waals surface area contributed by atoms with Gasteiger partial charge >= 0.3 is 0 Å². The Labute approximate surface area is 136 Å². The number of carbonyl (C=O) groups excluding carboxylic acids is 1. The van der Waals surface area contributed by atoms with Gasteiger partial charge in [0.25, 0.3) is 5.91 Å². The molecule has 1 aromatic heterocycles. The molecular weight excluding hydrogens is 319 g/mol. The third-order valence-corrected chi connectivity index (χ3v) is 4.20. The maximum absolute atomic E-state index is 12.0. The number of thiazole rings is 1. The molecule has 0 unspecified atom stereocenters. The highest BCUT2D eigenvalue weighted by Gasteiger charge is 2.21. The molecule has 0 radical (unpaired) electrons. The van der Waals surface area contributed by atoms with Crippen LogP contribution in [0.25, 0.3) is 0 Å². The van der Waals surface area contributed by atoms with Crippen molar-refractivity contribution < 1.29 is 4.79 Å². The van der Waals surface area contributed by atoms with E-state index < -0.39 is 0 Å². The zero-order valence-electron chi connectivity index (χ0n) is 11.5. The normalized spacial score (nSPS) is 16.1. The maximum atomic E-state index is 12.0. The minimum absolute atomic E-state index is 0. The van der Waals surface area contributed by atoms with Crippen LogP contribution in [0.5, 0.6) is 0 Å². The molecule has 116 valence electrons. The SMILES string of the molecule is CCN1CCC(NC(=O)c2csc(CN)n2)CC1.Cl.Cl. The minimum atomic E-state index is -0.0686. The van der Waals surface area contributed by atoms with Crippen LogP contribution in [0.3, 0.4) is 0 Å². The molecule has 20 heavy (non-hydrogen) atoms. The van der Waals surface area contributed by atoms with Crippen molar-refractivity contribution in [3.8, 4) is 0 Å². The summed E-state index contributed by atoms with van der Waals surface area (Å²) in [5, 5.41) is 5.64. The molecule has 1 aromatic rings. The molecule has 0 atom stereocenters. The van der Waals surface area contributed by atoms with Gasteiger partial charge in [0, 0.05) is 31.1 Å². The first-order valence-electron chi connectivity index (χ1n) is 6.40. The van der Waals surface area contributed by atoms with Crippen molar-refractivity contribution in [1.82, 2.24) is 15.2 Å². The molecule has 0 bridgehead atoms. The summed E-state index contributed by atoms with van der Waals surface area (Å²) in [5.41, 5.74) is 5.99. The average molecular weight is 341 g/mol. The van der Waals surface area contributed by atoms with Crippen LogP contribution in [0.4, 0.5) is 0 Å². The predicted molar refractivity (Wildman–Crippen MR) is 87.1 cm³/mol. The van der Waals surface area contributed by atoms with E-state index in [0.717, 1.165) is 37.5 Å². The molecule has 1 amide bonds. The van der Waals surface area contributed by atoms with Gasteiger partial charge in [-0.25, -0.2) is 4.98 Å². The van der Waals surface area contributed by atoms with E-state index in [9.17, 15) is 4.79 Å². The number of piperidine rings is 1. The minimum Gasteiger partial charge on any atom is -0.348 e. The number of nitrogens with one attached hydrogen (secondary N) is 1. The van der Waals surface area contributed by atoms with E-state index in [1.807, 2.05) is 0 Å². The number of aromatic nitrogens is 1. The monoisotopic (exact) mass is 340 g/mol. The second-order valence-electron chi connectivity index (χ2n) is 4.51. The molecule has 0 aliphatic carbocycles. The van der Waals surface area contributed by atoms with Crippen LogP contribution in [0.2, 0.25) is 0 Å². The zero-order chi connectivity index (χ0) is 13.0. The third-order valence-electron chi connectivity index (χ3n) is 3.33. The summed E-state index contributed by atoms with van der Waals surface area (Å²) in [6, 6.07) is 0.281. The Morgan fingerprint density at radius 3 is 2.65 bits per heavy atom. The quantitative estimate of drug-likeness (QED) is 0.874. The lowest BCUT2D eigenvalue weighted by atomic mass is 10.1. The average Bonchev–Trinajstić information content (AvgIpc) is 2.88. The maximum Gasteiger partial charge on any atom is 0.270 e. The molecule has 1 fully saturated rings. The van der Waals surface area contributed by atoms with E-state index in [2.05, 4.69) is 22.1 Å². The number of carbonyl (C=O) groups is 1. The van der Waals surface area contributed by atoms with Crippen molar-refractivity contribution in [2.24, 2.45) is 5.73 Å². The number of hydrogen-bond acceptors (Lipinski definition) is 5. The van der Waals surface area contributed by atoms with Crippen molar-refractivity contribution in [2.45, 2.75) is 32.4 Å².